The minimum absolute atomic E-state index is 0.0711. The van der Waals surface area contributed by atoms with E-state index in [1.165, 1.54) is 0 Å². The van der Waals surface area contributed by atoms with E-state index in [1.807, 2.05) is 34.6 Å². The number of oxazole rings is 1. The first kappa shape index (κ1) is 16.7. The summed E-state index contributed by atoms with van der Waals surface area (Å²) in [6.07, 6.45) is 0.669. The summed E-state index contributed by atoms with van der Waals surface area (Å²) >= 11 is 0. The highest BCUT2D eigenvalue weighted by Crippen LogP contribution is 2.30. The molecule has 7 nitrogen and oxygen atoms in total. The molecule has 0 fully saturated rings. The maximum absolute atomic E-state index is 12.5. The standard InChI is InChI=1S/C17H24N4O3/c1-8(2)17-19-10(4)13(24-17)7-18-16(22)15-12-6-9(3)23-11(5)14(12)20-21-15/h8-9,11H,6-7H2,1-5H3,(H,18,22)(H,20,21)/t9-,11+/m0/s1. The molecule has 0 radical (unpaired) electrons. The van der Waals surface area contributed by atoms with E-state index in [4.69, 9.17) is 9.15 Å². The van der Waals surface area contributed by atoms with Crippen LogP contribution in [0.15, 0.2) is 4.42 Å². The number of hydrogen-bond acceptors (Lipinski definition) is 5. The van der Waals surface area contributed by atoms with Crippen molar-refractivity contribution in [3.63, 3.8) is 0 Å². The number of ether oxygens (including phenoxy) is 1. The Hall–Kier alpha value is -2.15. The number of aromatic nitrogens is 3. The normalized spacial score (nSPS) is 20.2. The molecule has 2 atom stereocenters. The Bertz CT molecular complexity index is 747. The Labute approximate surface area is 141 Å². The van der Waals surface area contributed by atoms with Crippen LogP contribution in [0.1, 0.15) is 78.8 Å². The highest BCUT2D eigenvalue weighted by Gasteiger charge is 2.29. The molecule has 24 heavy (non-hydrogen) atoms. The average Bonchev–Trinajstić information content (AvgIpc) is 3.08. The van der Waals surface area contributed by atoms with Gasteiger partial charge in [0.1, 0.15) is 5.76 Å². The fraction of sp³-hybridized carbons (Fsp3) is 0.588. The number of rotatable bonds is 4. The van der Waals surface area contributed by atoms with Crippen LogP contribution in [0.3, 0.4) is 0 Å². The van der Waals surface area contributed by atoms with Crippen LogP contribution in [0, 0.1) is 6.92 Å². The van der Waals surface area contributed by atoms with E-state index in [0.29, 0.717) is 30.3 Å². The Morgan fingerprint density at radius 1 is 1.42 bits per heavy atom. The van der Waals surface area contributed by atoms with Crippen LogP contribution < -0.4 is 5.32 Å². The number of hydrogen-bond donors (Lipinski definition) is 2. The molecular weight excluding hydrogens is 308 g/mol. The van der Waals surface area contributed by atoms with Gasteiger partial charge in [0.15, 0.2) is 11.6 Å². The lowest BCUT2D eigenvalue weighted by molar-refractivity contribution is -0.00697. The third-order valence-corrected chi connectivity index (χ3v) is 4.26. The number of fused-ring (bicyclic) bond motifs is 1. The van der Waals surface area contributed by atoms with E-state index in [2.05, 4.69) is 20.5 Å². The largest absolute Gasteiger partial charge is 0.443 e. The van der Waals surface area contributed by atoms with Gasteiger partial charge in [0.2, 0.25) is 0 Å². The zero-order valence-electron chi connectivity index (χ0n) is 14.8. The van der Waals surface area contributed by atoms with Gasteiger partial charge < -0.3 is 14.5 Å². The van der Waals surface area contributed by atoms with Gasteiger partial charge in [-0.2, -0.15) is 5.10 Å². The van der Waals surface area contributed by atoms with Crippen LogP contribution in [-0.2, 0) is 17.7 Å². The van der Waals surface area contributed by atoms with Crippen molar-refractivity contribution in [1.29, 1.82) is 0 Å². The van der Waals surface area contributed by atoms with Crippen LogP contribution in [0.4, 0.5) is 0 Å². The Morgan fingerprint density at radius 2 is 2.17 bits per heavy atom. The van der Waals surface area contributed by atoms with Gasteiger partial charge in [-0.3, -0.25) is 9.89 Å². The maximum Gasteiger partial charge on any atom is 0.272 e. The molecular formula is C17H24N4O3. The molecule has 0 bridgehead atoms. The van der Waals surface area contributed by atoms with Gasteiger partial charge in [-0.05, 0) is 20.8 Å². The fourth-order valence-corrected chi connectivity index (χ4v) is 2.97. The van der Waals surface area contributed by atoms with Gasteiger partial charge >= 0.3 is 0 Å². The van der Waals surface area contributed by atoms with Crippen molar-refractivity contribution in [3.8, 4) is 0 Å². The Morgan fingerprint density at radius 3 is 2.83 bits per heavy atom. The van der Waals surface area contributed by atoms with Gasteiger partial charge in [0.05, 0.1) is 30.1 Å². The topological polar surface area (TPSA) is 93.0 Å². The van der Waals surface area contributed by atoms with Crippen LogP contribution in [0.5, 0.6) is 0 Å². The smallest absolute Gasteiger partial charge is 0.272 e. The first-order valence-corrected chi connectivity index (χ1v) is 8.33. The minimum Gasteiger partial charge on any atom is -0.443 e. The lowest BCUT2D eigenvalue weighted by atomic mass is 9.99. The lowest BCUT2D eigenvalue weighted by Crippen LogP contribution is -2.27. The zero-order chi connectivity index (χ0) is 17.4. The van der Waals surface area contributed by atoms with E-state index < -0.39 is 0 Å². The number of amides is 1. The SMILES string of the molecule is Cc1nc(C(C)C)oc1CNC(=O)c1n[nH]c2c1C[C@H](C)O[C@@H]2C. The second-order valence-corrected chi connectivity index (χ2v) is 6.66. The van der Waals surface area contributed by atoms with Gasteiger partial charge in [-0.1, -0.05) is 13.8 Å². The summed E-state index contributed by atoms with van der Waals surface area (Å²) in [6.45, 7) is 10.2. The summed E-state index contributed by atoms with van der Waals surface area (Å²) in [5.74, 6) is 1.38. The maximum atomic E-state index is 12.5. The van der Waals surface area contributed by atoms with Gasteiger partial charge in [0, 0.05) is 17.9 Å². The highest BCUT2D eigenvalue weighted by atomic mass is 16.5. The molecule has 3 heterocycles. The van der Waals surface area contributed by atoms with Gasteiger partial charge in [0.25, 0.3) is 5.91 Å². The predicted molar refractivity (Wildman–Crippen MR) is 87.8 cm³/mol. The third kappa shape index (κ3) is 3.08. The second kappa shape index (κ2) is 6.39. The molecule has 0 saturated carbocycles. The molecule has 0 aromatic carbocycles. The fourth-order valence-electron chi connectivity index (χ4n) is 2.97. The number of aryl methyl sites for hydroxylation is 1. The highest BCUT2D eigenvalue weighted by molar-refractivity contribution is 5.94. The molecule has 2 N–H and O–H groups in total. The van der Waals surface area contributed by atoms with Crippen molar-refractivity contribution >= 4 is 5.91 Å². The number of carbonyl (C=O) groups excluding carboxylic acids is 1. The van der Waals surface area contributed by atoms with Crippen LogP contribution in [0.25, 0.3) is 0 Å². The van der Waals surface area contributed by atoms with Crippen LogP contribution in [-0.4, -0.2) is 27.2 Å². The lowest BCUT2D eigenvalue weighted by Gasteiger charge is -2.25. The molecule has 130 valence electrons. The second-order valence-electron chi connectivity index (χ2n) is 6.66. The number of nitrogens with zero attached hydrogens (tertiary/aromatic N) is 2. The monoisotopic (exact) mass is 332 g/mol. The first-order chi connectivity index (χ1) is 11.4. The van der Waals surface area contributed by atoms with Gasteiger partial charge in [-0.15, -0.1) is 0 Å². The predicted octanol–water partition coefficient (Wildman–Crippen LogP) is 2.78. The summed E-state index contributed by atoms with van der Waals surface area (Å²) < 4.78 is 11.5. The summed E-state index contributed by atoms with van der Waals surface area (Å²) in [5, 5.41) is 10.0. The van der Waals surface area contributed by atoms with E-state index >= 15 is 0 Å². The van der Waals surface area contributed by atoms with E-state index in [0.717, 1.165) is 17.0 Å². The number of nitrogens with one attached hydrogen (secondary N) is 2. The summed E-state index contributed by atoms with van der Waals surface area (Å²) in [4.78, 5) is 16.9. The van der Waals surface area contributed by atoms with Crippen molar-refractivity contribution in [1.82, 2.24) is 20.5 Å². The number of H-pyrrole nitrogens is 1. The summed E-state index contributed by atoms with van der Waals surface area (Å²) in [6, 6.07) is 0. The molecule has 1 aliphatic rings. The molecule has 3 rings (SSSR count). The van der Waals surface area contributed by atoms with Crippen LogP contribution in [0.2, 0.25) is 0 Å². The summed E-state index contributed by atoms with van der Waals surface area (Å²) in [7, 11) is 0. The zero-order valence-corrected chi connectivity index (χ0v) is 14.8. The van der Waals surface area contributed by atoms with E-state index in [1.54, 1.807) is 0 Å². The molecule has 0 saturated heterocycles. The molecule has 1 aliphatic heterocycles. The molecule has 0 unspecified atom stereocenters. The minimum atomic E-state index is -0.212. The summed E-state index contributed by atoms with van der Waals surface area (Å²) in [5.41, 5.74) is 3.07. The molecule has 0 aliphatic carbocycles. The van der Waals surface area contributed by atoms with Crippen molar-refractivity contribution in [2.75, 3.05) is 0 Å². The quantitative estimate of drug-likeness (QED) is 0.898. The average molecular weight is 332 g/mol. The third-order valence-electron chi connectivity index (χ3n) is 4.26. The number of aromatic amines is 1. The van der Waals surface area contributed by atoms with Gasteiger partial charge in [-0.25, -0.2) is 4.98 Å². The molecule has 0 spiro atoms. The van der Waals surface area contributed by atoms with Crippen molar-refractivity contribution < 1.29 is 13.9 Å². The van der Waals surface area contributed by atoms with Crippen molar-refractivity contribution in [2.45, 2.75) is 65.7 Å². The molecule has 1 amide bonds. The number of carbonyl (C=O) groups is 1. The molecule has 2 aromatic heterocycles. The Balaban J connectivity index is 1.73. The molecule has 2 aromatic rings. The van der Waals surface area contributed by atoms with Crippen molar-refractivity contribution in [3.05, 3.63) is 34.3 Å². The van der Waals surface area contributed by atoms with E-state index in [9.17, 15) is 4.79 Å². The van der Waals surface area contributed by atoms with Crippen molar-refractivity contribution in [2.24, 2.45) is 0 Å². The van der Waals surface area contributed by atoms with E-state index in [-0.39, 0.29) is 24.0 Å². The first-order valence-electron chi connectivity index (χ1n) is 8.33. The Kier molecular flexibility index (Phi) is 4.45. The van der Waals surface area contributed by atoms with Crippen LogP contribution >= 0.6 is 0 Å². The molecule has 7 heteroatoms.